The third-order valence-corrected chi connectivity index (χ3v) is 4.79. The Balaban J connectivity index is 2.14. The van der Waals surface area contributed by atoms with Crippen LogP contribution in [0, 0.1) is 11.8 Å². The van der Waals surface area contributed by atoms with Crippen molar-refractivity contribution in [2.24, 2.45) is 11.8 Å². The number of carbonyl (C=O) groups excluding carboxylic acids is 2. The fourth-order valence-electron chi connectivity index (χ4n) is 3.90. The summed E-state index contributed by atoms with van der Waals surface area (Å²) in [4.78, 5) is 28.5. The summed E-state index contributed by atoms with van der Waals surface area (Å²) in [6.07, 6.45) is 4.11. The second-order valence-electron chi connectivity index (χ2n) is 8.03. The zero-order valence-electron chi connectivity index (χ0n) is 16.0. The minimum absolute atomic E-state index is 0.0707. The highest BCUT2D eigenvalue weighted by atomic mass is 16.6. The average Bonchev–Trinajstić information content (AvgIpc) is 2.52. The number of hydrogen-bond acceptors (Lipinski definition) is 4. The molecule has 2 saturated heterocycles. The van der Waals surface area contributed by atoms with Gasteiger partial charge in [0.05, 0.1) is 6.61 Å². The van der Waals surface area contributed by atoms with Gasteiger partial charge in [-0.05, 0) is 58.8 Å². The van der Waals surface area contributed by atoms with Crippen molar-refractivity contribution < 1.29 is 19.1 Å². The summed E-state index contributed by atoms with van der Waals surface area (Å²) < 4.78 is 10.8. The van der Waals surface area contributed by atoms with Crippen LogP contribution in [0.3, 0.4) is 0 Å². The number of carbonyl (C=O) groups is 2. The molecule has 2 aliphatic rings. The smallest absolute Gasteiger partial charge is 0.410 e. The van der Waals surface area contributed by atoms with E-state index < -0.39 is 5.60 Å². The molecule has 2 rings (SSSR count). The van der Waals surface area contributed by atoms with E-state index in [0.29, 0.717) is 26.2 Å². The lowest BCUT2D eigenvalue weighted by Gasteiger charge is -2.50. The van der Waals surface area contributed by atoms with Gasteiger partial charge in [-0.3, -0.25) is 0 Å². The molecule has 0 saturated carbocycles. The van der Waals surface area contributed by atoms with Gasteiger partial charge in [-0.15, -0.1) is 6.58 Å². The maximum absolute atomic E-state index is 12.7. The van der Waals surface area contributed by atoms with Crippen LogP contribution in [-0.2, 0) is 9.47 Å². The molecule has 2 aliphatic heterocycles. The molecule has 2 heterocycles. The molecule has 0 spiro atoms. The van der Waals surface area contributed by atoms with Gasteiger partial charge in [0, 0.05) is 25.7 Å². The first-order valence-corrected chi connectivity index (χ1v) is 9.27. The Morgan fingerprint density at radius 3 is 2.52 bits per heavy atom. The van der Waals surface area contributed by atoms with Gasteiger partial charge in [0.1, 0.15) is 5.60 Å². The summed E-state index contributed by atoms with van der Waals surface area (Å²) in [5.74, 6) is 0.528. The van der Waals surface area contributed by atoms with E-state index in [0.717, 1.165) is 19.3 Å². The molecule has 0 unspecified atom stereocenters. The second kappa shape index (κ2) is 8.11. The number of amides is 2. The van der Waals surface area contributed by atoms with Crippen molar-refractivity contribution in [1.82, 2.24) is 9.80 Å². The number of ether oxygens (including phenoxy) is 2. The Morgan fingerprint density at radius 1 is 1.20 bits per heavy atom. The number of likely N-dealkylation sites (tertiary alicyclic amines) is 2. The number of allylic oxidation sites excluding steroid dienone is 1. The van der Waals surface area contributed by atoms with E-state index in [9.17, 15) is 9.59 Å². The normalized spacial score (nSPS) is 26.2. The first kappa shape index (κ1) is 19.6. The highest BCUT2D eigenvalue weighted by Crippen LogP contribution is 2.36. The van der Waals surface area contributed by atoms with Crippen molar-refractivity contribution in [3.63, 3.8) is 0 Å². The van der Waals surface area contributed by atoms with Crippen LogP contribution in [0.1, 0.15) is 47.0 Å². The Hall–Kier alpha value is -1.72. The fourth-order valence-corrected chi connectivity index (χ4v) is 3.90. The molecule has 2 bridgehead atoms. The molecule has 2 fully saturated rings. The molecule has 6 heteroatoms. The number of piperidine rings is 2. The Bertz CT molecular complexity index is 500. The van der Waals surface area contributed by atoms with Crippen LogP contribution >= 0.6 is 0 Å². The van der Waals surface area contributed by atoms with Gasteiger partial charge in [0.2, 0.25) is 0 Å². The predicted octanol–water partition coefficient (Wildman–Crippen LogP) is 3.67. The topological polar surface area (TPSA) is 59.1 Å². The summed E-state index contributed by atoms with van der Waals surface area (Å²) in [5.41, 5.74) is -0.510. The van der Waals surface area contributed by atoms with Gasteiger partial charge < -0.3 is 19.3 Å². The van der Waals surface area contributed by atoms with Crippen LogP contribution < -0.4 is 0 Å². The van der Waals surface area contributed by atoms with E-state index in [1.807, 2.05) is 38.7 Å². The summed E-state index contributed by atoms with van der Waals surface area (Å²) in [6.45, 7) is 13.6. The van der Waals surface area contributed by atoms with Crippen molar-refractivity contribution in [3.05, 3.63) is 12.7 Å². The quantitative estimate of drug-likeness (QED) is 0.725. The van der Waals surface area contributed by atoms with Crippen LogP contribution in [-0.4, -0.2) is 59.9 Å². The molecule has 142 valence electrons. The fraction of sp³-hybridized carbons (Fsp3) is 0.789. The molecule has 0 radical (unpaired) electrons. The largest absolute Gasteiger partial charge is 0.450 e. The lowest BCUT2D eigenvalue weighted by atomic mass is 9.78. The Kier molecular flexibility index (Phi) is 6.36. The zero-order chi connectivity index (χ0) is 18.6. The van der Waals surface area contributed by atoms with Gasteiger partial charge in [-0.1, -0.05) is 6.08 Å². The summed E-state index contributed by atoms with van der Waals surface area (Å²) in [5, 5.41) is 0. The maximum atomic E-state index is 12.7. The predicted molar refractivity (Wildman–Crippen MR) is 96.4 cm³/mol. The second-order valence-corrected chi connectivity index (χ2v) is 8.03. The van der Waals surface area contributed by atoms with Crippen LogP contribution in [0.2, 0.25) is 0 Å². The van der Waals surface area contributed by atoms with Crippen LogP contribution in [0.25, 0.3) is 0 Å². The molecule has 0 aliphatic carbocycles. The minimum atomic E-state index is -0.510. The van der Waals surface area contributed by atoms with Gasteiger partial charge >= 0.3 is 12.2 Å². The molecule has 25 heavy (non-hydrogen) atoms. The van der Waals surface area contributed by atoms with Gasteiger partial charge in [0.25, 0.3) is 0 Å². The standard InChI is InChI=1S/C19H32N2O4/c1-6-8-9-16-15-10-14(11-20(13-15)17(22)24-7-2)12-21(16)18(23)25-19(3,4)5/h6,14-16H,1,7-13H2,2-5H3/t14-,15+,16+/m1/s1. The van der Waals surface area contributed by atoms with Crippen molar-refractivity contribution >= 4 is 12.2 Å². The number of fused-ring (bicyclic) bond motifs is 2. The summed E-state index contributed by atoms with van der Waals surface area (Å²) in [6, 6.07) is 0.0707. The van der Waals surface area contributed by atoms with Crippen molar-refractivity contribution in [2.75, 3.05) is 26.2 Å². The minimum Gasteiger partial charge on any atom is -0.450 e. The van der Waals surface area contributed by atoms with E-state index in [1.165, 1.54) is 0 Å². The van der Waals surface area contributed by atoms with E-state index in [2.05, 4.69) is 6.58 Å². The molecular weight excluding hydrogens is 320 g/mol. The van der Waals surface area contributed by atoms with Crippen LogP contribution in [0.15, 0.2) is 12.7 Å². The summed E-state index contributed by atoms with van der Waals surface area (Å²) in [7, 11) is 0. The highest BCUT2D eigenvalue weighted by molar-refractivity contribution is 5.70. The number of hydrogen-bond donors (Lipinski definition) is 0. The molecule has 0 N–H and O–H groups in total. The van der Waals surface area contributed by atoms with Crippen LogP contribution in [0.5, 0.6) is 0 Å². The van der Waals surface area contributed by atoms with Crippen molar-refractivity contribution in [3.8, 4) is 0 Å². The Labute approximate surface area is 151 Å². The Morgan fingerprint density at radius 2 is 1.92 bits per heavy atom. The zero-order valence-corrected chi connectivity index (χ0v) is 16.0. The first-order chi connectivity index (χ1) is 11.7. The summed E-state index contributed by atoms with van der Waals surface area (Å²) >= 11 is 0. The number of nitrogens with zero attached hydrogens (tertiary/aromatic N) is 2. The maximum Gasteiger partial charge on any atom is 0.410 e. The first-order valence-electron chi connectivity index (χ1n) is 9.27. The van der Waals surface area contributed by atoms with Crippen LogP contribution in [0.4, 0.5) is 9.59 Å². The van der Waals surface area contributed by atoms with Crippen molar-refractivity contribution in [1.29, 1.82) is 0 Å². The number of rotatable bonds is 4. The molecule has 0 aromatic carbocycles. The lowest BCUT2D eigenvalue weighted by Crippen LogP contribution is -2.60. The average molecular weight is 352 g/mol. The SMILES string of the molecule is C=CCC[C@H]1[C@H]2C[C@H](CN(C(=O)OCC)C2)CN1C(=O)OC(C)(C)C. The molecular formula is C19H32N2O4. The van der Waals surface area contributed by atoms with Gasteiger partial charge in [-0.25, -0.2) is 9.59 Å². The van der Waals surface area contributed by atoms with Gasteiger partial charge in [-0.2, -0.15) is 0 Å². The van der Waals surface area contributed by atoms with E-state index in [4.69, 9.17) is 9.47 Å². The molecule has 2 amide bonds. The van der Waals surface area contributed by atoms with Crippen molar-refractivity contribution in [2.45, 2.75) is 58.6 Å². The third kappa shape index (κ3) is 5.13. The highest BCUT2D eigenvalue weighted by Gasteiger charge is 2.44. The molecule has 3 atom stereocenters. The molecule has 0 aromatic heterocycles. The van der Waals surface area contributed by atoms with E-state index in [-0.39, 0.29) is 30.1 Å². The van der Waals surface area contributed by atoms with E-state index in [1.54, 1.807) is 4.90 Å². The monoisotopic (exact) mass is 352 g/mol. The molecule has 6 nitrogen and oxygen atoms in total. The third-order valence-electron chi connectivity index (χ3n) is 4.79. The van der Waals surface area contributed by atoms with Gasteiger partial charge in [0.15, 0.2) is 0 Å². The lowest BCUT2D eigenvalue weighted by molar-refractivity contribution is -0.0363. The molecule has 0 aromatic rings. The van der Waals surface area contributed by atoms with E-state index >= 15 is 0 Å².